The first-order valence-electron chi connectivity index (χ1n) is 7.47. The van der Waals surface area contributed by atoms with Gasteiger partial charge >= 0.3 is 0 Å². The normalized spacial score (nSPS) is 33.3. The number of hydrogen-bond donors (Lipinski definition) is 0. The molecular formula is C15H24O2. The van der Waals surface area contributed by atoms with Crippen LogP contribution < -0.4 is 0 Å². The second kappa shape index (κ2) is 4.72. The first-order chi connectivity index (χ1) is 8.29. The minimum absolute atomic E-state index is 0.0978. The molecule has 0 aromatic heterocycles. The molecule has 1 spiro atoms. The summed E-state index contributed by atoms with van der Waals surface area (Å²) in [6, 6.07) is 0. The average molecular weight is 236 g/mol. The van der Waals surface area contributed by atoms with Crippen molar-refractivity contribution in [2.75, 3.05) is 6.61 Å². The maximum absolute atomic E-state index is 12.4. The van der Waals surface area contributed by atoms with Gasteiger partial charge in [0.25, 0.3) is 0 Å². The topological polar surface area (TPSA) is 26.3 Å². The second-order valence-electron chi connectivity index (χ2n) is 6.31. The van der Waals surface area contributed by atoms with Gasteiger partial charge in [-0.05, 0) is 38.5 Å². The van der Waals surface area contributed by atoms with Crippen molar-refractivity contribution in [3.05, 3.63) is 0 Å². The number of rotatable bonds is 2. The van der Waals surface area contributed by atoms with E-state index in [0.717, 1.165) is 32.3 Å². The number of hydrogen-bond acceptors (Lipinski definition) is 2. The Morgan fingerprint density at radius 1 is 0.941 bits per heavy atom. The molecule has 0 aromatic carbocycles. The van der Waals surface area contributed by atoms with Crippen LogP contribution in [0.1, 0.15) is 64.2 Å². The van der Waals surface area contributed by atoms with Crippen molar-refractivity contribution in [2.45, 2.75) is 69.8 Å². The van der Waals surface area contributed by atoms with E-state index in [2.05, 4.69) is 0 Å². The van der Waals surface area contributed by atoms with Gasteiger partial charge in [0.2, 0.25) is 0 Å². The van der Waals surface area contributed by atoms with E-state index in [-0.39, 0.29) is 5.60 Å². The van der Waals surface area contributed by atoms with Crippen LogP contribution in [0.4, 0.5) is 0 Å². The predicted molar refractivity (Wildman–Crippen MR) is 66.8 cm³/mol. The zero-order chi connectivity index (χ0) is 11.7. The molecule has 2 nitrogen and oxygen atoms in total. The van der Waals surface area contributed by atoms with E-state index in [1.54, 1.807) is 0 Å². The molecule has 0 aromatic rings. The third kappa shape index (κ3) is 2.29. The fourth-order valence-corrected chi connectivity index (χ4v) is 3.84. The number of ether oxygens (including phenoxy) is 1. The van der Waals surface area contributed by atoms with E-state index < -0.39 is 0 Å². The summed E-state index contributed by atoms with van der Waals surface area (Å²) in [6.07, 6.45) is 11.9. The number of ketones is 1. The molecule has 17 heavy (non-hydrogen) atoms. The largest absolute Gasteiger partial charge is 0.375 e. The van der Waals surface area contributed by atoms with Gasteiger partial charge in [-0.25, -0.2) is 0 Å². The van der Waals surface area contributed by atoms with Gasteiger partial charge in [-0.15, -0.1) is 0 Å². The average Bonchev–Trinajstić information content (AvgIpc) is 2.28. The highest BCUT2D eigenvalue weighted by molar-refractivity contribution is 5.84. The van der Waals surface area contributed by atoms with Crippen LogP contribution in [0.25, 0.3) is 0 Å². The van der Waals surface area contributed by atoms with Crippen molar-refractivity contribution >= 4 is 5.78 Å². The smallest absolute Gasteiger partial charge is 0.139 e. The molecule has 2 saturated carbocycles. The van der Waals surface area contributed by atoms with Crippen LogP contribution in [0.15, 0.2) is 0 Å². The lowest BCUT2D eigenvalue weighted by molar-refractivity contribution is -0.148. The molecule has 2 aliphatic carbocycles. The van der Waals surface area contributed by atoms with Gasteiger partial charge in [-0.3, -0.25) is 4.79 Å². The van der Waals surface area contributed by atoms with E-state index >= 15 is 0 Å². The Labute approximate surface area is 104 Å². The molecule has 1 saturated heterocycles. The van der Waals surface area contributed by atoms with E-state index in [1.807, 2.05) is 0 Å². The maximum atomic E-state index is 12.4. The summed E-state index contributed by atoms with van der Waals surface area (Å²) in [5.41, 5.74) is 0.0978. The minimum atomic E-state index is 0.0978. The third-order valence-electron chi connectivity index (χ3n) is 5.17. The second-order valence-corrected chi connectivity index (χ2v) is 6.31. The predicted octanol–water partition coefficient (Wildman–Crippen LogP) is 3.49. The Morgan fingerprint density at radius 3 is 2.35 bits per heavy atom. The Morgan fingerprint density at radius 2 is 1.71 bits per heavy atom. The minimum Gasteiger partial charge on any atom is -0.375 e. The van der Waals surface area contributed by atoms with Crippen molar-refractivity contribution in [1.29, 1.82) is 0 Å². The molecule has 3 fully saturated rings. The molecule has 1 heterocycles. The van der Waals surface area contributed by atoms with Crippen LogP contribution in [0.2, 0.25) is 0 Å². The highest BCUT2D eigenvalue weighted by atomic mass is 16.5. The van der Waals surface area contributed by atoms with Gasteiger partial charge in [0.05, 0.1) is 5.60 Å². The fourth-order valence-electron chi connectivity index (χ4n) is 3.84. The van der Waals surface area contributed by atoms with Gasteiger partial charge in [-0.2, -0.15) is 0 Å². The van der Waals surface area contributed by atoms with Crippen molar-refractivity contribution in [3.8, 4) is 0 Å². The molecule has 1 atom stereocenters. The lowest BCUT2D eigenvalue weighted by Gasteiger charge is -2.44. The maximum Gasteiger partial charge on any atom is 0.139 e. The van der Waals surface area contributed by atoms with Crippen molar-refractivity contribution in [1.82, 2.24) is 0 Å². The molecule has 0 N–H and O–H groups in total. The molecule has 0 radical (unpaired) electrons. The molecule has 3 rings (SSSR count). The highest BCUT2D eigenvalue weighted by Gasteiger charge is 2.42. The van der Waals surface area contributed by atoms with Crippen LogP contribution in [-0.4, -0.2) is 18.0 Å². The van der Waals surface area contributed by atoms with E-state index in [1.165, 1.54) is 38.5 Å². The Hall–Kier alpha value is -0.370. The van der Waals surface area contributed by atoms with E-state index in [0.29, 0.717) is 17.6 Å². The lowest BCUT2D eigenvalue weighted by atomic mass is 9.70. The first-order valence-corrected chi connectivity index (χ1v) is 7.47. The molecule has 0 bridgehead atoms. The molecule has 1 aliphatic heterocycles. The molecule has 2 heteroatoms. The Balaban J connectivity index is 1.64. The summed E-state index contributed by atoms with van der Waals surface area (Å²) in [6.45, 7) is 0.823. The van der Waals surface area contributed by atoms with Gasteiger partial charge in [0.15, 0.2) is 0 Å². The monoisotopic (exact) mass is 236 g/mol. The zero-order valence-electron chi connectivity index (χ0n) is 10.7. The summed E-state index contributed by atoms with van der Waals surface area (Å²) in [5.74, 6) is 1.32. The van der Waals surface area contributed by atoms with Crippen LogP contribution in [0.3, 0.4) is 0 Å². The SMILES string of the molecule is O=C(C1CCC1)C1CCOC2(CCCCC2)C1. The Bertz CT molecular complexity index is 282. The van der Waals surface area contributed by atoms with Crippen molar-refractivity contribution in [3.63, 3.8) is 0 Å². The molecule has 0 amide bonds. The van der Waals surface area contributed by atoms with Gasteiger partial charge in [0, 0.05) is 18.4 Å². The quantitative estimate of drug-likeness (QED) is 0.733. The van der Waals surface area contributed by atoms with Gasteiger partial charge < -0.3 is 4.74 Å². The van der Waals surface area contributed by atoms with Crippen LogP contribution in [-0.2, 0) is 9.53 Å². The van der Waals surface area contributed by atoms with Crippen LogP contribution >= 0.6 is 0 Å². The highest BCUT2D eigenvalue weighted by Crippen LogP contribution is 2.43. The number of carbonyl (C=O) groups excluding carboxylic acids is 1. The fraction of sp³-hybridized carbons (Fsp3) is 0.933. The molecule has 96 valence electrons. The van der Waals surface area contributed by atoms with E-state index in [4.69, 9.17) is 4.74 Å². The third-order valence-corrected chi connectivity index (χ3v) is 5.17. The summed E-state index contributed by atoms with van der Waals surface area (Å²) in [4.78, 5) is 12.4. The molecule has 1 unspecified atom stereocenters. The number of Topliss-reactive ketones (excluding diaryl/α,β-unsaturated/α-hetero) is 1. The van der Waals surface area contributed by atoms with Crippen molar-refractivity contribution < 1.29 is 9.53 Å². The summed E-state index contributed by atoms with van der Waals surface area (Å²) >= 11 is 0. The molecule has 3 aliphatic rings. The lowest BCUT2D eigenvalue weighted by Crippen LogP contribution is -2.45. The molecular weight excluding hydrogens is 212 g/mol. The van der Waals surface area contributed by atoms with E-state index in [9.17, 15) is 4.79 Å². The van der Waals surface area contributed by atoms with Gasteiger partial charge in [0.1, 0.15) is 5.78 Å². The van der Waals surface area contributed by atoms with Gasteiger partial charge in [-0.1, -0.05) is 25.7 Å². The number of carbonyl (C=O) groups is 1. The van der Waals surface area contributed by atoms with Crippen LogP contribution in [0, 0.1) is 11.8 Å². The summed E-state index contributed by atoms with van der Waals surface area (Å²) < 4.78 is 6.07. The standard InChI is InChI=1S/C15H24O2/c16-14(12-5-4-6-12)13-7-10-17-15(11-13)8-2-1-3-9-15/h12-13H,1-11H2. The van der Waals surface area contributed by atoms with Crippen LogP contribution in [0.5, 0.6) is 0 Å². The summed E-state index contributed by atoms with van der Waals surface area (Å²) in [5, 5.41) is 0. The zero-order valence-corrected chi connectivity index (χ0v) is 10.7. The van der Waals surface area contributed by atoms with Crippen molar-refractivity contribution in [2.24, 2.45) is 11.8 Å². The summed E-state index contributed by atoms with van der Waals surface area (Å²) in [7, 11) is 0. The first kappa shape index (κ1) is 11.7. The Kier molecular flexibility index (Phi) is 3.25.